The molecule has 0 spiro atoms. The molecule has 27 heavy (non-hydrogen) atoms. The van der Waals surface area contributed by atoms with E-state index in [1.807, 2.05) is 30.3 Å². The van der Waals surface area contributed by atoms with Crippen molar-refractivity contribution in [2.75, 3.05) is 4.72 Å². The van der Waals surface area contributed by atoms with Gasteiger partial charge in [-0.3, -0.25) is 4.72 Å². The van der Waals surface area contributed by atoms with Crippen LogP contribution in [0.25, 0.3) is 0 Å². The normalized spacial score (nSPS) is 12.2. The molecule has 0 amide bonds. The third-order valence-corrected chi connectivity index (χ3v) is 5.64. The maximum absolute atomic E-state index is 13.3. The Labute approximate surface area is 161 Å². The van der Waals surface area contributed by atoms with Crippen LogP contribution in [0.4, 0.5) is 10.1 Å². The van der Waals surface area contributed by atoms with Crippen LogP contribution in [0, 0.1) is 17.1 Å². The number of nitrogens with zero attached hydrogens (tertiary/aromatic N) is 1. The molecule has 0 aromatic heterocycles. The fraction of sp³-hybridized carbons (Fsp3) is 0.0500. The van der Waals surface area contributed by atoms with E-state index in [0.29, 0.717) is 5.56 Å². The minimum Gasteiger partial charge on any atom is -0.280 e. The number of nitriles is 1. The van der Waals surface area contributed by atoms with Crippen molar-refractivity contribution in [2.24, 2.45) is 0 Å². The Balaban J connectivity index is 1.90. The minimum absolute atomic E-state index is 0.193. The number of nitrogens with one attached hydrogen (secondary N) is 1. The van der Waals surface area contributed by atoms with Gasteiger partial charge in [-0.05, 0) is 41.5 Å². The van der Waals surface area contributed by atoms with Crippen molar-refractivity contribution in [1.29, 1.82) is 5.26 Å². The van der Waals surface area contributed by atoms with E-state index in [1.54, 1.807) is 6.07 Å². The quantitative estimate of drug-likeness (QED) is 0.659. The Morgan fingerprint density at radius 1 is 1.00 bits per heavy atom. The molecule has 0 saturated heterocycles. The van der Waals surface area contributed by atoms with E-state index in [0.717, 1.165) is 17.7 Å². The standard InChI is InChI=1S/C20H14ClFN2O2S/c21-20-12-16(24-27(25,26)17-8-4-7-15(22)11-17)9-10-18(20)19(13-23)14-5-2-1-3-6-14/h1-12,19,24H/t19-/m0/s1. The number of rotatable bonds is 5. The summed E-state index contributed by atoms with van der Waals surface area (Å²) in [5.74, 6) is -1.22. The molecule has 0 saturated carbocycles. The molecule has 0 unspecified atom stereocenters. The smallest absolute Gasteiger partial charge is 0.261 e. The van der Waals surface area contributed by atoms with Gasteiger partial charge in [0.2, 0.25) is 0 Å². The van der Waals surface area contributed by atoms with E-state index in [1.165, 1.54) is 24.3 Å². The van der Waals surface area contributed by atoms with Crippen molar-refractivity contribution in [1.82, 2.24) is 0 Å². The Hall–Kier alpha value is -2.88. The predicted octanol–water partition coefficient (Wildman–Crippen LogP) is 4.94. The minimum atomic E-state index is -3.96. The average Bonchev–Trinajstić information content (AvgIpc) is 2.65. The molecule has 3 aromatic carbocycles. The molecule has 0 heterocycles. The second kappa shape index (κ2) is 7.78. The molecule has 1 atom stereocenters. The molecule has 1 N–H and O–H groups in total. The lowest BCUT2D eigenvalue weighted by Gasteiger charge is -2.14. The van der Waals surface area contributed by atoms with Gasteiger partial charge in [-0.2, -0.15) is 5.26 Å². The first kappa shape index (κ1) is 18.9. The lowest BCUT2D eigenvalue weighted by Crippen LogP contribution is -2.13. The van der Waals surface area contributed by atoms with E-state index < -0.39 is 21.8 Å². The van der Waals surface area contributed by atoms with Crippen molar-refractivity contribution >= 4 is 27.3 Å². The number of benzene rings is 3. The second-order valence-electron chi connectivity index (χ2n) is 5.77. The molecule has 7 heteroatoms. The van der Waals surface area contributed by atoms with Crippen LogP contribution in [0.2, 0.25) is 5.02 Å². The van der Waals surface area contributed by atoms with Crippen molar-refractivity contribution < 1.29 is 12.8 Å². The van der Waals surface area contributed by atoms with Crippen LogP contribution < -0.4 is 4.72 Å². The van der Waals surface area contributed by atoms with E-state index in [-0.39, 0.29) is 15.6 Å². The van der Waals surface area contributed by atoms with Crippen molar-refractivity contribution in [3.63, 3.8) is 0 Å². The summed E-state index contributed by atoms with van der Waals surface area (Å²) < 4.78 is 40.4. The monoisotopic (exact) mass is 400 g/mol. The van der Waals surface area contributed by atoms with Gasteiger partial charge < -0.3 is 0 Å². The highest BCUT2D eigenvalue weighted by Gasteiger charge is 2.19. The molecular formula is C20H14ClFN2O2S. The highest BCUT2D eigenvalue weighted by Crippen LogP contribution is 2.32. The first-order chi connectivity index (χ1) is 12.9. The van der Waals surface area contributed by atoms with Gasteiger partial charge in [-0.15, -0.1) is 0 Å². The number of hydrogen-bond acceptors (Lipinski definition) is 3. The van der Waals surface area contributed by atoms with Crippen LogP contribution in [0.5, 0.6) is 0 Å². The highest BCUT2D eigenvalue weighted by atomic mass is 35.5. The third-order valence-electron chi connectivity index (χ3n) is 3.93. The van der Waals surface area contributed by atoms with Gasteiger partial charge in [0, 0.05) is 5.02 Å². The van der Waals surface area contributed by atoms with Crippen molar-refractivity contribution in [2.45, 2.75) is 10.8 Å². The Kier molecular flexibility index (Phi) is 5.45. The molecule has 0 aliphatic heterocycles. The zero-order chi connectivity index (χ0) is 19.4. The van der Waals surface area contributed by atoms with E-state index >= 15 is 0 Å². The maximum atomic E-state index is 13.3. The molecule has 0 radical (unpaired) electrons. The largest absolute Gasteiger partial charge is 0.280 e. The zero-order valence-electron chi connectivity index (χ0n) is 13.9. The molecule has 136 valence electrons. The number of sulfonamides is 1. The van der Waals surface area contributed by atoms with Crippen LogP contribution in [0.1, 0.15) is 17.0 Å². The summed E-state index contributed by atoms with van der Waals surface area (Å²) in [6.45, 7) is 0. The van der Waals surface area contributed by atoms with Gasteiger partial charge in [0.15, 0.2) is 0 Å². The van der Waals surface area contributed by atoms with Crippen LogP contribution >= 0.6 is 11.6 Å². The van der Waals surface area contributed by atoms with Crippen LogP contribution in [-0.2, 0) is 10.0 Å². The summed E-state index contributed by atoms with van der Waals surface area (Å²) in [4.78, 5) is -0.193. The Morgan fingerprint density at radius 3 is 2.37 bits per heavy atom. The van der Waals surface area contributed by atoms with E-state index in [9.17, 15) is 18.1 Å². The molecule has 0 aliphatic carbocycles. The SMILES string of the molecule is N#C[C@@H](c1ccccc1)c1ccc(NS(=O)(=O)c2cccc(F)c2)cc1Cl. The van der Waals surface area contributed by atoms with Gasteiger partial charge in [-0.1, -0.05) is 54.1 Å². The molecular weight excluding hydrogens is 387 g/mol. The second-order valence-corrected chi connectivity index (χ2v) is 7.86. The van der Waals surface area contributed by atoms with Gasteiger partial charge in [-0.25, -0.2) is 12.8 Å². The van der Waals surface area contributed by atoms with Gasteiger partial charge >= 0.3 is 0 Å². The summed E-state index contributed by atoms with van der Waals surface area (Å²) in [6, 6.07) is 20.6. The summed E-state index contributed by atoms with van der Waals surface area (Å²) in [5, 5.41) is 9.79. The zero-order valence-corrected chi connectivity index (χ0v) is 15.5. The summed E-state index contributed by atoms with van der Waals surface area (Å²) in [5.41, 5.74) is 1.58. The molecule has 4 nitrogen and oxygen atoms in total. The first-order valence-electron chi connectivity index (χ1n) is 7.93. The summed E-state index contributed by atoms with van der Waals surface area (Å²) >= 11 is 6.31. The van der Waals surface area contributed by atoms with Gasteiger partial charge in [0.25, 0.3) is 10.0 Å². The first-order valence-corrected chi connectivity index (χ1v) is 9.79. The fourth-order valence-electron chi connectivity index (χ4n) is 2.64. The van der Waals surface area contributed by atoms with Crippen LogP contribution in [-0.4, -0.2) is 8.42 Å². The van der Waals surface area contributed by atoms with Crippen molar-refractivity contribution in [3.05, 3.63) is 94.8 Å². The molecule has 0 bridgehead atoms. The summed E-state index contributed by atoms with van der Waals surface area (Å²) in [6.07, 6.45) is 0. The highest BCUT2D eigenvalue weighted by molar-refractivity contribution is 7.92. The summed E-state index contributed by atoms with van der Waals surface area (Å²) in [7, 11) is -3.96. The fourth-order valence-corrected chi connectivity index (χ4v) is 4.01. The molecule has 0 aliphatic rings. The van der Waals surface area contributed by atoms with Gasteiger partial charge in [0.1, 0.15) is 5.82 Å². The lowest BCUT2D eigenvalue weighted by atomic mass is 9.92. The van der Waals surface area contributed by atoms with Crippen molar-refractivity contribution in [3.8, 4) is 6.07 Å². The number of hydrogen-bond donors (Lipinski definition) is 1. The lowest BCUT2D eigenvalue weighted by molar-refractivity contribution is 0.595. The number of halogens is 2. The van der Waals surface area contributed by atoms with Gasteiger partial charge in [0.05, 0.1) is 22.6 Å². The third kappa shape index (κ3) is 4.27. The Morgan fingerprint density at radius 2 is 1.74 bits per heavy atom. The van der Waals surface area contributed by atoms with E-state index in [4.69, 9.17) is 11.6 Å². The van der Waals surface area contributed by atoms with Crippen LogP contribution in [0.15, 0.2) is 77.7 Å². The molecule has 3 aromatic rings. The van der Waals surface area contributed by atoms with E-state index in [2.05, 4.69) is 10.8 Å². The average molecular weight is 401 g/mol. The van der Waals surface area contributed by atoms with Crippen LogP contribution in [0.3, 0.4) is 0 Å². The topological polar surface area (TPSA) is 70.0 Å². The molecule has 0 fully saturated rings. The number of anilines is 1. The Bertz CT molecular complexity index is 1110. The maximum Gasteiger partial charge on any atom is 0.261 e. The molecule has 3 rings (SSSR count). The predicted molar refractivity (Wildman–Crippen MR) is 103 cm³/mol.